The van der Waals surface area contributed by atoms with Crippen molar-refractivity contribution >= 4 is 23.5 Å². The van der Waals surface area contributed by atoms with Crippen molar-refractivity contribution in [2.75, 3.05) is 18.9 Å². The Labute approximate surface area is 180 Å². The number of hydrogen-bond donors (Lipinski definition) is 1. The van der Waals surface area contributed by atoms with Crippen LogP contribution < -0.4 is 10.1 Å². The maximum Gasteiger partial charge on any atom is 0.222 e. The molecule has 0 unspecified atom stereocenters. The zero-order valence-electron chi connectivity index (χ0n) is 17.1. The van der Waals surface area contributed by atoms with E-state index in [0.717, 1.165) is 17.7 Å². The highest BCUT2D eigenvalue weighted by molar-refractivity contribution is 6.30. The minimum atomic E-state index is 0.0574. The zero-order chi connectivity index (χ0) is 21.5. The normalized spacial score (nSPS) is 10.5. The van der Waals surface area contributed by atoms with Gasteiger partial charge in [0.05, 0.1) is 29.7 Å². The summed E-state index contributed by atoms with van der Waals surface area (Å²) in [6.07, 6.45) is 3.84. The molecule has 1 aromatic carbocycles. The second-order valence-corrected chi connectivity index (χ2v) is 7.20. The van der Waals surface area contributed by atoms with Gasteiger partial charge >= 0.3 is 0 Å². The molecule has 0 spiro atoms. The van der Waals surface area contributed by atoms with Gasteiger partial charge < -0.3 is 15.0 Å². The fourth-order valence-corrected chi connectivity index (χ4v) is 2.71. The number of halogens is 1. The lowest BCUT2D eigenvalue weighted by molar-refractivity contribution is -0.127. The number of nitrogens with zero attached hydrogens (tertiary/aromatic N) is 5. The van der Waals surface area contributed by atoms with Crippen LogP contribution in [0.15, 0.2) is 42.7 Å². The van der Waals surface area contributed by atoms with Crippen LogP contribution in [0, 0.1) is 6.92 Å². The largest absolute Gasteiger partial charge is 0.439 e. The minimum Gasteiger partial charge on any atom is -0.439 e. The number of nitrogens with one attached hydrogen (secondary N) is 1. The predicted molar refractivity (Wildman–Crippen MR) is 115 cm³/mol. The highest BCUT2D eigenvalue weighted by atomic mass is 35.5. The van der Waals surface area contributed by atoms with Crippen LogP contribution in [0.5, 0.6) is 11.6 Å². The van der Waals surface area contributed by atoms with Gasteiger partial charge in [0, 0.05) is 26.6 Å². The van der Waals surface area contributed by atoms with Crippen molar-refractivity contribution in [1.29, 1.82) is 0 Å². The maximum atomic E-state index is 11.3. The molecule has 156 valence electrons. The second-order valence-electron chi connectivity index (χ2n) is 6.76. The van der Waals surface area contributed by atoms with E-state index >= 15 is 0 Å². The summed E-state index contributed by atoms with van der Waals surface area (Å²) in [5.41, 5.74) is 1.88. The first-order valence-electron chi connectivity index (χ1n) is 9.43. The molecule has 0 bridgehead atoms. The van der Waals surface area contributed by atoms with Crippen molar-refractivity contribution in [2.45, 2.75) is 26.8 Å². The van der Waals surface area contributed by atoms with Crippen molar-refractivity contribution in [3.8, 4) is 11.6 Å². The van der Waals surface area contributed by atoms with E-state index < -0.39 is 0 Å². The molecule has 0 aliphatic rings. The molecule has 9 heteroatoms. The molecule has 0 saturated carbocycles. The van der Waals surface area contributed by atoms with Gasteiger partial charge in [0.25, 0.3) is 0 Å². The summed E-state index contributed by atoms with van der Waals surface area (Å²) in [7, 11) is 1.79. The van der Waals surface area contributed by atoms with Crippen molar-refractivity contribution in [3.63, 3.8) is 0 Å². The lowest BCUT2D eigenvalue weighted by Crippen LogP contribution is -2.26. The first-order valence-corrected chi connectivity index (χ1v) is 9.81. The first-order chi connectivity index (χ1) is 14.4. The number of aromatic nitrogens is 4. The quantitative estimate of drug-likeness (QED) is 0.587. The van der Waals surface area contributed by atoms with E-state index in [0.29, 0.717) is 41.5 Å². The summed E-state index contributed by atoms with van der Waals surface area (Å²) in [6.45, 7) is 4.47. The third-order valence-electron chi connectivity index (χ3n) is 4.33. The number of rotatable bonds is 8. The Morgan fingerprint density at radius 1 is 1.17 bits per heavy atom. The molecule has 2 heterocycles. The predicted octanol–water partition coefficient (Wildman–Crippen LogP) is 3.65. The van der Waals surface area contributed by atoms with Crippen LogP contribution in [0.4, 0.5) is 5.95 Å². The molecule has 30 heavy (non-hydrogen) atoms. The molecule has 0 saturated heterocycles. The monoisotopic (exact) mass is 426 g/mol. The first kappa shape index (κ1) is 21.4. The maximum absolute atomic E-state index is 11.3. The molecule has 3 aromatic rings. The fraction of sp³-hybridized carbons (Fsp3) is 0.286. The van der Waals surface area contributed by atoms with Crippen LogP contribution in [-0.2, 0) is 17.8 Å². The van der Waals surface area contributed by atoms with E-state index in [1.165, 1.54) is 12.4 Å². The van der Waals surface area contributed by atoms with Crippen LogP contribution in [0.25, 0.3) is 0 Å². The molecule has 0 aliphatic heterocycles. The molecule has 0 atom stereocenters. The molecule has 1 amide bonds. The summed E-state index contributed by atoms with van der Waals surface area (Å²) in [6, 6.07) is 9.51. The van der Waals surface area contributed by atoms with E-state index in [1.54, 1.807) is 24.9 Å². The van der Waals surface area contributed by atoms with Gasteiger partial charge in [0.2, 0.25) is 17.7 Å². The third kappa shape index (κ3) is 6.38. The Bertz CT molecular complexity index is 995. The van der Waals surface area contributed by atoms with Crippen LogP contribution in [0.3, 0.4) is 0 Å². The van der Waals surface area contributed by atoms with Gasteiger partial charge in [-0.1, -0.05) is 23.7 Å². The number of ether oxygens (including phenoxy) is 1. The molecule has 0 radical (unpaired) electrons. The number of aryl methyl sites for hydroxylation is 1. The molecule has 8 nitrogen and oxygen atoms in total. The van der Waals surface area contributed by atoms with Gasteiger partial charge in [-0.15, -0.1) is 0 Å². The summed E-state index contributed by atoms with van der Waals surface area (Å²) in [4.78, 5) is 29.9. The molecule has 2 aromatic heterocycles. The fourth-order valence-electron chi connectivity index (χ4n) is 2.61. The Hall–Kier alpha value is -3.26. The molecule has 0 fully saturated rings. The lowest BCUT2D eigenvalue weighted by Gasteiger charge is -2.14. The molecular formula is C21H23ClN6O2. The number of amides is 1. The van der Waals surface area contributed by atoms with Gasteiger partial charge in [0.1, 0.15) is 11.6 Å². The Balaban J connectivity index is 1.60. The van der Waals surface area contributed by atoms with Crippen LogP contribution in [-0.4, -0.2) is 44.3 Å². The van der Waals surface area contributed by atoms with Crippen molar-refractivity contribution in [1.82, 2.24) is 24.8 Å². The molecule has 0 aliphatic carbocycles. The second kappa shape index (κ2) is 9.98. The summed E-state index contributed by atoms with van der Waals surface area (Å²) in [5, 5.41) is 3.57. The van der Waals surface area contributed by atoms with E-state index in [9.17, 15) is 4.79 Å². The number of hydrogen-bond acceptors (Lipinski definition) is 7. The standard InChI is InChI=1S/C21H23ClN6O2/c1-14-26-18(13-25-21-23-11-17(22)12-24-21)10-20(27-14)30-19-6-4-16(5-7-19)8-9-28(3)15(2)29/h4-7,10-12H,8-9,13H2,1-3H3,(H,23,24,25). The van der Waals surface area contributed by atoms with Gasteiger partial charge in [-0.25, -0.2) is 15.0 Å². The van der Waals surface area contributed by atoms with E-state index in [2.05, 4.69) is 25.3 Å². The van der Waals surface area contributed by atoms with Crippen molar-refractivity contribution in [2.24, 2.45) is 0 Å². The van der Waals surface area contributed by atoms with Crippen LogP contribution >= 0.6 is 11.6 Å². The van der Waals surface area contributed by atoms with Crippen LogP contribution in [0.2, 0.25) is 5.02 Å². The summed E-state index contributed by atoms with van der Waals surface area (Å²) >= 11 is 5.80. The van der Waals surface area contributed by atoms with Gasteiger partial charge in [-0.05, 0) is 31.0 Å². The third-order valence-corrected chi connectivity index (χ3v) is 4.53. The van der Waals surface area contributed by atoms with E-state index in [-0.39, 0.29) is 5.91 Å². The molecular weight excluding hydrogens is 404 g/mol. The highest BCUT2D eigenvalue weighted by Crippen LogP contribution is 2.21. The van der Waals surface area contributed by atoms with Crippen molar-refractivity contribution < 1.29 is 9.53 Å². The number of likely N-dealkylation sites (N-methyl/N-ethyl adjacent to an activating group) is 1. The Morgan fingerprint density at radius 3 is 2.53 bits per heavy atom. The minimum absolute atomic E-state index is 0.0574. The van der Waals surface area contributed by atoms with Crippen LogP contribution in [0.1, 0.15) is 24.0 Å². The average Bonchev–Trinajstić information content (AvgIpc) is 2.72. The SMILES string of the molecule is CC(=O)N(C)CCc1ccc(Oc2cc(CNc3ncc(Cl)cn3)nc(C)n2)cc1. The van der Waals surface area contributed by atoms with Gasteiger partial charge in [-0.2, -0.15) is 4.98 Å². The summed E-state index contributed by atoms with van der Waals surface area (Å²) in [5.74, 6) is 2.26. The molecule has 3 rings (SSSR count). The Morgan fingerprint density at radius 2 is 1.87 bits per heavy atom. The van der Waals surface area contributed by atoms with E-state index in [4.69, 9.17) is 16.3 Å². The van der Waals surface area contributed by atoms with Gasteiger partial charge in [-0.3, -0.25) is 4.79 Å². The highest BCUT2D eigenvalue weighted by Gasteiger charge is 2.07. The Kier molecular flexibility index (Phi) is 7.13. The van der Waals surface area contributed by atoms with Crippen molar-refractivity contribution in [3.05, 3.63) is 64.8 Å². The lowest BCUT2D eigenvalue weighted by atomic mass is 10.1. The number of benzene rings is 1. The smallest absolute Gasteiger partial charge is 0.222 e. The van der Waals surface area contributed by atoms with E-state index in [1.807, 2.05) is 31.2 Å². The molecule has 1 N–H and O–H groups in total. The topological polar surface area (TPSA) is 93.1 Å². The summed E-state index contributed by atoms with van der Waals surface area (Å²) < 4.78 is 5.89. The zero-order valence-corrected chi connectivity index (χ0v) is 17.8. The van der Waals surface area contributed by atoms with Gasteiger partial charge in [0.15, 0.2) is 0 Å². The number of carbonyl (C=O) groups excluding carboxylic acids is 1. The number of carbonyl (C=O) groups is 1. The average molecular weight is 427 g/mol. The number of anilines is 1.